The number of hydrogen-bond donors (Lipinski definition) is 2. The molecule has 1 aromatic heterocycles. The number of benzene rings is 1. The quantitative estimate of drug-likeness (QED) is 0.598. The smallest absolute Gasteiger partial charge is 0.261 e. The van der Waals surface area contributed by atoms with Crippen molar-refractivity contribution in [3.8, 4) is 0 Å². The van der Waals surface area contributed by atoms with Gasteiger partial charge in [-0.15, -0.1) is 4.41 Å². The van der Waals surface area contributed by atoms with Crippen molar-refractivity contribution in [1.29, 1.82) is 0 Å². The molecule has 1 aliphatic rings. The van der Waals surface area contributed by atoms with Gasteiger partial charge in [0.05, 0.1) is 17.1 Å². The molecule has 0 aliphatic carbocycles. The summed E-state index contributed by atoms with van der Waals surface area (Å²) in [7, 11) is -3.94. The fourth-order valence-electron chi connectivity index (χ4n) is 2.08. The molecule has 0 radical (unpaired) electrons. The van der Waals surface area contributed by atoms with Gasteiger partial charge in [0.1, 0.15) is 4.90 Å². The Labute approximate surface area is 119 Å². The lowest BCUT2D eigenvalue weighted by molar-refractivity contribution is -0.533. The van der Waals surface area contributed by atoms with E-state index >= 15 is 0 Å². The van der Waals surface area contributed by atoms with E-state index in [1.54, 1.807) is 24.3 Å². The van der Waals surface area contributed by atoms with Crippen molar-refractivity contribution in [1.82, 2.24) is 20.1 Å². The Morgan fingerprint density at radius 3 is 2.81 bits per heavy atom. The molecule has 21 heavy (non-hydrogen) atoms. The van der Waals surface area contributed by atoms with Crippen LogP contribution in [0.2, 0.25) is 0 Å². The van der Waals surface area contributed by atoms with Crippen LogP contribution in [-0.2, 0) is 10.0 Å². The zero-order chi connectivity index (χ0) is 15.0. The third-order valence-corrected chi connectivity index (χ3v) is 4.77. The lowest BCUT2D eigenvalue weighted by atomic mass is 10.2. The largest absolute Gasteiger partial charge is 0.337 e. The molecule has 1 fully saturated rings. The molecule has 0 amide bonds. The van der Waals surface area contributed by atoms with E-state index in [2.05, 4.69) is 15.7 Å². The molecule has 0 saturated carbocycles. The lowest BCUT2D eigenvalue weighted by Crippen LogP contribution is -2.44. The van der Waals surface area contributed by atoms with Gasteiger partial charge in [-0.3, -0.25) is 15.1 Å². The predicted molar refractivity (Wildman–Crippen MR) is 72.7 cm³/mol. The Kier molecular flexibility index (Phi) is 3.29. The molecule has 2 aromatic rings. The number of nitro groups is 1. The molecule has 2 heterocycles. The minimum Gasteiger partial charge on any atom is -0.261 e. The Hall–Kier alpha value is -2.14. The summed E-state index contributed by atoms with van der Waals surface area (Å²) in [4.78, 5) is 14.1. The predicted octanol–water partition coefficient (Wildman–Crippen LogP) is -0.149. The number of hydrazine groups is 1. The Morgan fingerprint density at radius 1 is 1.33 bits per heavy atom. The highest BCUT2D eigenvalue weighted by molar-refractivity contribution is 7.89. The first-order valence-corrected chi connectivity index (χ1v) is 7.44. The van der Waals surface area contributed by atoms with Crippen LogP contribution in [0.25, 0.3) is 10.9 Å². The lowest BCUT2D eigenvalue weighted by Gasteiger charge is -2.15. The van der Waals surface area contributed by atoms with Gasteiger partial charge in [-0.05, 0) is 12.1 Å². The first-order chi connectivity index (χ1) is 10.00. The average molecular weight is 309 g/mol. The molecule has 9 nitrogen and oxygen atoms in total. The molecule has 1 atom stereocenters. The fourth-order valence-corrected chi connectivity index (χ4v) is 3.46. The number of para-hydroxylation sites is 1. The number of sulfonamides is 1. The molecule has 1 aliphatic heterocycles. The first kappa shape index (κ1) is 13.8. The summed E-state index contributed by atoms with van der Waals surface area (Å²) >= 11 is 0. The van der Waals surface area contributed by atoms with Crippen molar-refractivity contribution in [3.05, 3.63) is 46.6 Å². The van der Waals surface area contributed by atoms with Crippen LogP contribution in [0, 0.1) is 10.1 Å². The topological polar surface area (TPSA) is 117 Å². The van der Waals surface area contributed by atoms with Gasteiger partial charge in [-0.2, -0.15) is 5.43 Å². The van der Waals surface area contributed by atoms with Gasteiger partial charge in [-0.1, -0.05) is 18.2 Å². The second-order valence-corrected chi connectivity index (χ2v) is 6.19. The minimum atomic E-state index is -3.94. The zero-order valence-electron chi connectivity index (χ0n) is 10.6. The third kappa shape index (κ3) is 2.34. The standard InChI is InChI=1S/C11H11N5O4S/c17-16(18)11-13-7-15(14-11)21(19,20)9-5-1-3-8-4-2-6-12-10(8)9/h1-6,11,13-14H,7H2. The van der Waals surface area contributed by atoms with Gasteiger partial charge in [0, 0.05) is 11.6 Å². The Bertz CT molecular complexity index is 804. The van der Waals surface area contributed by atoms with E-state index in [1.165, 1.54) is 12.3 Å². The summed E-state index contributed by atoms with van der Waals surface area (Å²) < 4.78 is 26.0. The van der Waals surface area contributed by atoms with Gasteiger partial charge in [0.2, 0.25) is 0 Å². The maximum atomic E-state index is 12.6. The molecule has 110 valence electrons. The summed E-state index contributed by atoms with van der Waals surface area (Å²) in [5.41, 5.74) is 2.63. The Morgan fingerprint density at radius 2 is 2.10 bits per heavy atom. The number of aromatic nitrogens is 1. The van der Waals surface area contributed by atoms with E-state index in [0.29, 0.717) is 10.9 Å². The molecule has 3 rings (SSSR count). The molecular weight excluding hydrogens is 298 g/mol. The SMILES string of the molecule is O=[N+]([O-])C1NCN(S(=O)(=O)c2cccc3cccnc23)N1. The van der Waals surface area contributed by atoms with E-state index in [1.807, 2.05) is 0 Å². The molecule has 0 bridgehead atoms. The summed E-state index contributed by atoms with van der Waals surface area (Å²) in [6.45, 7) is -0.197. The van der Waals surface area contributed by atoms with Crippen molar-refractivity contribution in [2.75, 3.05) is 6.67 Å². The first-order valence-electron chi connectivity index (χ1n) is 6.00. The van der Waals surface area contributed by atoms with Crippen LogP contribution in [0.1, 0.15) is 0 Å². The molecule has 1 saturated heterocycles. The number of fused-ring (bicyclic) bond motifs is 1. The van der Waals surface area contributed by atoms with E-state index < -0.39 is 21.2 Å². The number of hydrogen-bond acceptors (Lipinski definition) is 7. The fraction of sp³-hybridized carbons (Fsp3) is 0.182. The van der Waals surface area contributed by atoms with Crippen LogP contribution in [0.5, 0.6) is 0 Å². The van der Waals surface area contributed by atoms with Crippen LogP contribution >= 0.6 is 0 Å². The minimum absolute atomic E-state index is 0.00102. The summed E-state index contributed by atoms with van der Waals surface area (Å²) in [5.74, 6) is 0. The van der Waals surface area contributed by atoms with Gasteiger partial charge < -0.3 is 0 Å². The molecule has 1 unspecified atom stereocenters. The van der Waals surface area contributed by atoms with E-state index in [-0.39, 0.29) is 11.6 Å². The monoisotopic (exact) mass is 309 g/mol. The number of pyridine rings is 1. The molecule has 1 aromatic carbocycles. The number of rotatable bonds is 3. The van der Waals surface area contributed by atoms with Crippen LogP contribution < -0.4 is 10.7 Å². The summed E-state index contributed by atoms with van der Waals surface area (Å²) in [5, 5.41) is 13.8. The molecule has 0 spiro atoms. The highest BCUT2D eigenvalue weighted by Gasteiger charge is 2.38. The average Bonchev–Trinajstić information content (AvgIpc) is 2.97. The van der Waals surface area contributed by atoms with E-state index in [0.717, 1.165) is 4.41 Å². The molecule has 10 heteroatoms. The maximum absolute atomic E-state index is 12.6. The normalized spacial score (nSPS) is 19.9. The highest BCUT2D eigenvalue weighted by Crippen LogP contribution is 2.23. The second-order valence-electron chi connectivity index (χ2n) is 4.36. The van der Waals surface area contributed by atoms with Crippen LogP contribution in [-0.4, -0.2) is 35.7 Å². The van der Waals surface area contributed by atoms with Crippen molar-refractivity contribution >= 4 is 20.9 Å². The van der Waals surface area contributed by atoms with Gasteiger partial charge in [0.15, 0.2) is 0 Å². The van der Waals surface area contributed by atoms with Gasteiger partial charge in [0.25, 0.3) is 10.0 Å². The Balaban J connectivity index is 2.04. The van der Waals surface area contributed by atoms with Crippen LogP contribution in [0.3, 0.4) is 0 Å². The summed E-state index contributed by atoms with van der Waals surface area (Å²) in [6, 6.07) is 8.22. The second kappa shape index (κ2) is 5.00. The zero-order valence-corrected chi connectivity index (χ0v) is 11.4. The van der Waals surface area contributed by atoms with Crippen molar-refractivity contribution in [2.45, 2.75) is 11.2 Å². The van der Waals surface area contributed by atoms with Crippen LogP contribution in [0.15, 0.2) is 41.4 Å². The third-order valence-electron chi connectivity index (χ3n) is 3.07. The van der Waals surface area contributed by atoms with Crippen molar-refractivity contribution in [3.63, 3.8) is 0 Å². The van der Waals surface area contributed by atoms with Crippen molar-refractivity contribution < 1.29 is 13.3 Å². The van der Waals surface area contributed by atoms with Gasteiger partial charge in [-0.25, -0.2) is 13.7 Å². The summed E-state index contributed by atoms with van der Waals surface area (Å²) in [6.07, 6.45) is 0.166. The van der Waals surface area contributed by atoms with Crippen molar-refractivity contribution in [2.24, 2.45) is 0 Å². The molecular formula is C11H11N5O4S. The number of nitrogens with zero attached hydrogens (tertiary/aromatic N) is 3. The van der Waals surface area contributed by atoms with E-state index in [9.17, 15) is 18.5 Å². The molecule has 2 N–H and O–H groups in total. The van der Waals surface area contributed by atoms with E-state index in [4.69, 9.17) is 0 Å². The van der Waals surface area contributed by atoms with Crippen LogP contribution in [0.4, 0.5) is 0 Å². The van der Waals surface area contributed by atoms with Gasteiger partial charge >= 0.3 is 6.29 Å². The number of nitrogens with one attached hydrogen (secondary N) is 2. The highest BCUT2D eigenvalue weighted by atomic mass is 32.2. The maximum Gasteiger partial charge on any atom is 0.337 e.